The zero-order valence-electron chi connectivity index (χ0n) is 13.8. The van der Waals surface area contributed by atoms with Crippen molar-refractivity contribution in [2.75, 3.05) is 0 Å². The summed E-state index contributed by atoms with van der Waals surface area (Å²) >= 11 is 0. The zero-order valence-corrected chi connectivity index (χ0v) is 20.6. The minimum absolute atomic E-state index is 0. The Bertz CT molecular complexity index is 618. The molecule has 1 aliphatic rings. The average molecular weight is 595 g/mol. The smallest absolute Gasteiger partial charge is 1.00 e. The van der Waals surface area contributed by atoms with Crippen LogP contribution in [-0.4, -0.2) is 0 Å². The quantitative estimate of drug-likeness (QED) is 0.290. The SMILES string of the molecule is CC1=[C-]C(C)(C)C(C)=C1C.[I-].[I-].[Zr+4].c1ccc2[cH-]ccc2c1. The number of rotatable bonds is 0. The summed E-state index contributed by atoms with van der Waals surface area (Å²) in [6, 6.07) is 14.7. The van der Waals surface area contributed by atoms with Crippen molar-refractivity contribution in [2.45, 2.75) is 34.6 Å². The molecular weight excluding hydrogens is 573 g/mol. The second-order valence-corrected chi connectivity index (χ2v) is 5.78. The van der Waals surface area contributed by atoms with Gasteiger partial charge >= 0.3 is 26.2 Å². The van der Waals surface area contributed by atoms with Crippen LogP contribution in [0.1, 0.15) is 34.6 Å². The monoisotopic (exact) mass is 594 g/mol. The molecule has 0 atom stereocenters. The van der Waals surface area contributed by atoms with E-state index < -0.39 is 0 Å². The molecule has 0 fully saturated rings. The number of hydrogen-bond donors (Lipinski definition) is 0. The molecule has 0 N–H and O–H groups in total. The molecule has 22 heavy (non-hydrogen) atoms. The molecule has 2 aromatic carbocycles. The van der Waals surface area contributed by atoms with E-state index in [4.69, 9.17) is 0 Å². The van der Waals surface area contributed by atoms with E-state index in [1.807, 2.05) is 0 Å². The van der Waals surface area contributed by atoms with Crippen LogP contribution >= 0.6 is 0 Å². The van der Waals surface area contributed by atoms with Crippen LogP contribution in [0.3, 0.4) is 0 Å². The minimum Gasteiger partial charge on any atom is -1.00 e. The van der Waals surface area contributed by atoms with E-state index in [0.717, 1.165) is 0 Å². The van der Waals surface area contributed by atoms with Gasteiger partial charge in [-0.3, -0.25) is 6.08 Å². The number of fused-ring (bicyclic) bond motifs is 1. The molecule has 0 aromatic heterocycles. The van der Waals surface area contributed by atoms with E-state index in [-0.39, 0.29) is 79.6 Å². The molecular formula is C19H22I2Zr. The van der Waals surface area contributed by atoms with E-state index >= 15 is 0 Å². The van der Waals surface area contributed by atoms with E-state index in [1.165, 1.54) is 27.5 Å². The number of benzene rings is 1. The first-order valence-electron chi connectivity index (χ1n) is 6.82. The molecule has 0 bridgehead atoms. The van der Waals surface area contributed by atoms with E-state index in [1.54, 1.807) is 0 Å². The molecule has 0 saturated heterocycles. The summed E-state index contributed by atoms with van der Waals surface area (Å²) in [6.45, 7) is 10.9. The Kier molecular flexibility index (Phi) is 11.9. The van der Waals surface area contributed by atoms with Crippen LogP contribution in [0, 0.1) is 11.5 Å². The fourth-order valence-electron chi connectivity index (χ4n) is 2.48. The van der Waals surface area contributed by atoms with Crippen LogP contribution in [0.4, 0.5) is 0 Å². The topological polar surface area (TPSA) is 0 Å². The van der Waals surface area contributed by atoms with E-state index in [0.29, 0.717) is 0 Å². The van der Waals surface area contributed by atoms with Crippen molar-refractivity contribution in [3.63, 3.8) is 0 Å². The normalized spacial score (nSPS) is 14.9. The molecule has 1 aliphatic carbocycles. The first-order chi connectivity index (χ1) is 8.92. The maximum atomic E-state index is 3.44. The molecule has 116 valence electrons. The van der Waals surface area contributed by atoms with Gasteiger partial charge in [0.05, 0.1) is 0 Å². The van der Waals surface area contributed by atoms with Crippen LogP contribution in [0.5, 0.6) is 0 Å². The summed E-state index contributed by atoms with van der Waals surface area (Å²) < 4.78 is 0. The van der Waals surface area contributed by atoms with Crippen LogP contribution < -0.4 is 48.0 Å². The van der Waals surface area contributed by atoms with Gasteiger partial charge in [0, 0.05) is 0 Å². The van der Waals surface area contributed by atoms with Crippen molar-refractivity contribution >= 4 is 10.8 Å². The predicted octanol–water partition coefficient (Wildman–Crippen LogP) is -0.324. The third-order valence-corrected chi connectivity index (χ3v) is 4.11. The van der Waals surface area contributed by atoms with Crippen LogP contribution in [-0.2, 0) is 26.2 Å². The summed E-state index contributed by atoms with van der Waals surface area (Å²) in [5.41, 5.74) is 4.39. The Morgan fingerprint density at radius 1 is 0.955 bits per heavy atom. The molecule has 0 unspecified atom stereocenters. The Morgan fingerprint density at radius 2 is 1.55 bits per heavy atom. The van der Waals surface area contributed by atoms with Gasteiger partial charge in [-0.2, -0.15) is 28.7 Å². The fourth-order valence-corrected chi connectivity index (χ4v) is 2.48. The van der Waals surface area contributed by atoms with Crippen LogP contribution in [0.2, 0.25) is 0 Å². The third kappa shape index (κ3) is 5.94. The van der Waals surface area contributed by atoms with Gasteiger partial charge < -0.3 is 48.0 Å². The second-order valence-electron chi connectivity index (χ2n) is 5.78. The van der Waals surface area contributed by atoms with Gasteiger partial charge in [0.15, 0.2) is 0 Å². The van der Waals surface area contributed by atoms with Gasteiger partial charge in [-0.05, 0) is 0 Å². The molecule has 0 radical (unpaired) electrons. The van der Waals surface area contributed by atoms with Crippen LogP contribution in [0.25, 0.3) is 10.8 Å². The maximum absolute atomic E-state index is 3.44. The van der Waals surface area contributed by atoms with E-state index in [2.05, 4.69) is 83.2 Å². The number of halogens is 2. The van der Waals surface area contributed by atoms with Gasteiger partial charge in [-0.1, -0.05) is 39.2 Å². The van der Waals surface area contributed by atoms with E-state index in [9.17, 15) is 0 Å². The summed E-state index contributed by atoms with van der Waals surface area (Å²) in [7, 11) is 0. The molecule has 0 heterocycles. The van der Waals surface area contributed by atoms with Crippen molar-refractivity contribution in [2.24, 2.45) is 5.41 Å². The maximum Gasteiger partial charge on any atom is 4.00 e. The van der Waals surface area contributed by atoms with Crippen molar-refractivity contribution in [1.29, 1.82) is 0 Å². The van der Waals surface area contributed by atoms with Gasteiger partial charge in [0.2, 0.25) is 0 Å². The largest absolute Gasteiger partial charge is 4.00 e. The van der Waals surface area contributed by atoms with Crippen molar-refractivity contribution in [3.05, 3.63) is 65.3 Å². The molecule has 3 heteroatoms. The number of hydrogen-bond acceptors (Lipinski definition) is 0. The summed E-state index contributed by atoms with van der Waals surface area (Å²) in [5, 5.41) is 2.66. The first-order valence-corrected chi connectivity index (χ1v) is 6.82. The van der Waals surface area contributed by atoms with Gasteiger partial charge in [-0.25, -0.2) is 5.57 Å². The predicted molar refractivity (Wildman–Crippen MR) is 84.1 cm³/mol. The number of allylic oxidation sites excluding steroid dienone is 4. The molecule has 0 spiro atoms. The van der Waals surface area contributed by atoms with Crippen LogP contribution in [0.15, 0.2) is 59.2 Å². The summed E-state index contributed by atoms with van der Waals surface area (Å²) in [5.74, 6) is 0. The van der Waals surface area contributed by atoms with Gasteiger partial charge in [0.1, 0.15) is 0 Å². The molecule has 2 aromatic rings. The molecule has 0 nitrogen and oxygen atoms in total. The average Bonchev–Trinajstić information content (AvgIpc) is 2.90. The standard InChI is InChI=1S/C10H15.C9H7.2HI.Zr/c1-7-6-10(4,5)9(3)8(7)2;1-2-5-9-7-3-6-8(9)4-1;;;/h1-5H3;1-7H;2*1H;/q2*-1;;;+4/p-2. The minimum atomic E-state index is 0. The Morgan fingerprint density at radius 3 is 1.95 bits per heavy atom. The van der Waals surface area contributed by atoms with Gasteiger partial charge in [0.25, 0.3) is 0 Å². The molecule has 3 rings (SSSR count). The molecule has 0 aliphatic heterocycles. The Labute approximate surface area is 188 Å². The summed E-state index contributed by atoms with van der Waals surface area (Å²) in [4.78, 5) is 0. The van der Waals surface area contributed by atoms with Crippen molar-refractivity contribution in [3.8, 4) is 0 Å². The van der Waals surface area contributed by atoms with Crippen molar-refractivity contribution in [1.82, 2.24) is 0 Å². The fraction of sp³-hybridized carbons (Fsp3) is 0.316. The zero-order chi connectivity index (χ0) is 14.0. The second kappa shape index (κ2) is 10.5. The third-order valence-electron chi connectivity index (χ3n) is 4.11. The first kappa shape index (κ1) is 24.9. The molecule has 0 amide bonds. The Balaban J connectivity index is 0. The summed E-state index contributed by atoms with van der Waals surface area (Å²) in [6.07, 6.45) is 3.44. The van der Waals surface area contributed by atoms with Crippen molar-refractivity contribution < 1.29 is 74.2 Å². The Hall–Kier alpha value is 0.653. The molecule has 0 saturated carbocycles. The van der Waals surface area contributed by atoms with Gasteiger partial charge in [-0.15, -0.1) is 36.6 Å².